The second-order valence-corrected chi connectivity index (χ2v) is 6.74. The van der Waals surface area contributed by atoms with Gasteiger partial charge in [0.15, 0.2) is 0 Å². The summed E-state index contributed by atoms with van der Waals surface area (Å²) in [5.74, 6) is 1.04. The van der Waals surface area contributed by atoms with Gasteiger partial charge in [0.1, 0.15) is 0 Å². The maximum absolute atomic E-state index is 11.9. The summed E-state index contributed by atoms with van der Waals surface area (Å²) in [6.07, 6.45) is 1.42. The number of halogens is 1. The van der Waals surface area contributed by atoms with Crippen LogP contribution in [0.15, 0.2) is 53.1 Å². The quantitative estimate of drug-likeness (QED) is 0.633. The fourth-order valence-electron chi connectivity index (χ4n) is 2.42. The molecule has 0 saturated carbocycles. The molecule has 1 atom stereocenters. The Morgan fingerprint density at radius 1 is 1.15 bits per heavy atom. The molecule has 0 radical (unpaired) electrons. The Morgan fingerprint density at radius 3 is 2.52 bits per heavy atom. The van der Waals surface area contributed by atoms with E-state index in [1.807, 2.05) is 50.2 Å². The highest BCUT2D eigenvalue weighted by atomic mass is 35.5. The summed E-state index contributed by atoms with van der Waals surface area (Å²) < 4.78 is 5.33. The molecule has 1 heterocycles. The minimum absolute atomic E-state index is 0.127. The lowest BCUT2D eigenvalue weighted by atomic mass is 10.1. The zero-order chi connectivity index (χ0) is 19.2. The maximum atomic E-state index is 11.9. The molecule has 0 saturated heterocycles. The van der Waals surface area contributed by atoms with Crippen LogP contribution in [-0.4, -0.2) is 22.2 Å². The Labute approximate surface area is 162 Å². The van der Waals surface area contributed by atoms with Gasteiger partial charge in [0.25, 0.3) is 0 Å². The monoisotopic (exact) mass is 384 g/mol. The molecule has 3 aromatic rings. The van der Waals surface area contributed by atoms with Crippen molar-refractivity contribution in [1.29, 1.82) is 0 Å². The highest BCUT2D eigenvalue weighted by Crippen LogP contribution is 2.20. The van der Waals surface area contributed by atoms with Gasteiger partial charge in [-0.3, -0.25) is 0 Å². The van der Waals surface area contributed by atoms with Crippen molar-refractivity contribution in [2.45, 2.75) is 32.7 Å². The number of anilines is 1. The van der Waals surface area contributed by atoms with E-state index in [1.54, 1.807) is 12.1 Å². The third kappa shape index (κ3) is 5.31. The summed E-state index contributed by atoms with van der Waals surface area (Å²) in [6.45, 7) is 3.98. The van der Waals surface area contributed by atoms with Crippen LogP contribution in [0.5, 0.6) is 0 Å². The number of hydrogen-bond acceptors (Lipinski definition) is 4. The zero-order valence-corrected chi connectivity index (χ0v) is 16.0. The largest absolute Gasteiger partial charge is 0.339 e. The molecule has 0 spiro atoms. The first-order chi connectivity index (χ1) is 13.0. The Kier molecular flexibility index (Phi) is 6.08. The number of nitrogens with zero attached hydrogens (tertiary/aromatic N) is 2. The first kappa shape index (κ1) is 18.9. The Morgan fingerprint density at radius 2 is 1.85 bits per heavy atom. The van der Waals surface area contributed by atoms with Crippen molar-refractivity contribution >= 4 is 23.3 Å². The first-order valence-corrected chi connectivity index (χ1v) is 9.16. The molecule has 27 heavy (non-hydrogen) atoms. The smallest absolute Gasteiger partial charge is 0.319 e. The lowest BCUT2D eigenvalue weighted by Gasteiger charge is -2.12. The van der Waals surface area contributed by atoms with E-state index in [2.05, 4.69) is 20.8 Å². The molecule has 2 N–H and O–H groups in total. The molecule has 2 aromatic carbocycles. The van der Waals surface area contributed by atoms with Gasteiger partial charge in [-0.1, -0.05) is 35.8 Å². The summed E-state index contributed by atoms with van der Waals surface area (Å²) in [5.41, 5.74) is 2.56. The van der Waals surface area contributed by atoms with E-state index in [4.69, 9.17) is 16.1 Å². The molecular weight excluding hydrogens is 364 g/mol. The molecule has 6 nitrogen and oxygen atoms in total. The van der Waals surface area contributed by atoms with Crippen molar-refractivity contribution in [2.24, 2.45) is 0 Å². The fourth-order valence-corrected chi connectivity index (χ4v) is 2.54. The van der Waals surface area contributed by atoms with Gasteiger partial charge in [0.05, 0.1) is 6.42 Å². The molecule has 0 aliphatic carbocycles. The highest BCUT2D eigenvalue weighted by Gasteiger charge is 2.10. The summed E-state index contributed by atoms with van der Waals surface area (Å²) in [5, 5.41) is 10.4. The average Bonchev–Trinajstić information content (AvgIpc) is 3.12. The number of carbonyl (C=O) groups excluding carboxylic acids is 1. The highest BCUT2D eigenvalue weighted by molar-refractivity contribution is 6.30. The second-order valence-electron chi connectivity index (χ2n) is 6.30. The number of nitrogens with one attached hydrogen (secondary N) is 2. The van der Waals surface area contributed by atoms with Crippen LogP contribution in [0.3, 0.4) is 0 Å². The Hall–Kier alpha value is -2.86. The zero-order valence-electron chi connectivity index (χ0n) is 15.2. The number of benzene rings is 2. The summed E-state index contributed by atoms with van der Waals surface area (Å²) in [7, 11) is 0. The molecule has 0 aliphatic heterocycles. The van der Waals surface area contributed by atoms with Crippen LogP contribution >= 0.6 is 11.6 Å². The summed E-state index contributed by atoms with van der Waals surface area (Å²) in [4.78, 5) is 16.3. The van der Waals surface area contributed by atoms with Gasteiger partial charge in [-0.2, -0.15) is 4.98 Å². The minimum atomic E-state index is -0.220. The van der Waals surface area contributed by atoms with Crippen molar-refractivity contribution in [1.82, 2.24) is 15.5 Å². The molecule has 140 valence electrons. The number of aromatic nitrogens is 2. The molecule has 0 bridgehead atoms. The van der Waals surface area contributed by atoms with Gasteiger partial charge in [0, 0.05) is 22.3 Å². The predicted molar refractivity (Wildman–Crippen MR) is 106 cm³/mol. The molecule has 0 fully saturated rings. The van der Waals surface area contributed by atoms with Crippen LogP contribution in [-0.2, 0) is 6.42 Å². The third-order valence-corrected chi connectivity index (χ3v) is 4.38. The van der Waals surface area contributed by atoms with E-state index in [0.29, 0.717) is 28.8 Å². The Bertz CT molecular complexity index is 891. The lowest BCUT2D eigenvalue weighted by Crippen LogP contribution is -2.35. The van der Waals surface area contributed by atoms with Crippen molar-refractivity contribution in [3.05, 3.63) is 65.0 Å². The summed E-state index contributed by atoms with van der Waals surface area (Å²) >= 11 is 5.89. The number of carbonyl (C=O) groups is 1. The van der Waals surface area contributed by atoms with E-state index < -0.39 is 0 Å². The average molecular weight is 385 g/mol. The van der Waals surface area contributed by atoms with E-state index in [1.165, 1.54) is 0 Å². The van der Waals surface area contributed by atoms with Gasteiger partial charge in [-0.15, -0.1) is 0 Å². The Balaban J connectivity index is 1.63. The SMILES string of the molecule is CCC(C)NC(=O)Nc1ccc(-c2noc(Cc3ccc(Cl)cc3)n2)cc1. The van der Waals surface area contributed by atoms with Crippen LogP contribution in [0.25, 0.3) is 11.4 Å². The standard InChI is InChI=1S/C20H21ClN4O2/c1-3-13(2)22-20(26)23-17-10-6-15(7-11-17)19-24-18(27-25-19)12-14-4-8-16(21)9-5-14/h4-11,13H,3,12H2,1-2H3,(H2,22,23,26). The van der Waals surface area contributed by atoms with Gasteiger partial charge >= 0.3 is 6.03 Å². The van der Waals surface area contributed by atoms with E-state index in [0.717, 1.165) is 17.5 Å². The summed E-state index contributed by atoms with van der Waals surface area (Å²) in [6, 6.07) is 14.7. The molecule has 2 amide bonds. The van der Waals surface area contributed by atoms with E-state index >= 15 is 0 Å². The van der Waals surface area contributed by atoms with Crippen molar-refractivity contribution in [3.63, 3.8) is 0 Å². The van der Waals surface area contributed by atoms with Crippen LogP contribution in [0.4, 0.5) is 10.5 Å². The molecule has 1 aromatic heterocycles. The maximum Gasteiger partial charge on any atom is 0.319 e. The minimum Gasteiger partial charge on any atom is -0.339 e. The van der Waals surface area contributed by atoms with Gasteiger partial charge < -0.3 is 15.2 Å². The van der Waals surface area contributed by atoms with Crippen molar-refractivity contribution in [3.8, 4) is 11.4 Å². The number of hydrogen-bond donors (Lipinski definition) is 2. The molecule has 3 rings (SSSR count). The third-order valence-electron chi connectivity index (χ3n) is 4.13. The molecule has 0 aliphatic rings. The van der Waals surface area contributed by atoms with Gasteiger partial charge in [0.2, 0.25) is 11.7 Å². The fraction of sp³-hybridized carbons (Fsp3) is 0.250. The van der Waals surface area contributed by atoms with Crippen LogP contribution in [0.1, 0.15) is 31.7 Å². The van der Waals surface area contributed by atoms with Crippen molar-refractivity contribution < 1.29 is 9.32 Å². The topological polar surface area (TPSA) is 80.0 Å². The van der Waals surface area contributed by atoms with Crippen LogP contribution < -0.4 is 10.6 Å². The molecule has 1 unspecified atom stereocenters. The number of amides is 2. The predicted octanol–water partition coefficient (Wildman–Crippen LogP) is 4.90. The first-order valence-electron chi connectivity index (χ1n) is 8.78. The van der Waals surface area contributed by atoms with Crippen LogP contribution in [0, 0.1) is 0 Å². The van der Waals surface area contributed by atoms with Gasteiger partial charge in [-0.25, -0.2) is 4.79 Å². The lowest BCUT2D eigenvalue weighted by molar-refractivity contribution is 0.249. The van der Waals surface area contributed by atoms with Crippen molar-refractivity contribution in [2.75, 3.05) is 5.32 Å². The number of rotatable bonds is 6. The molecular formula is C20H21ClN4O2. The van der Waals surface area contributed by atoms with E-state index in [-0.39, 0.29) is 12.1 Å². The molecule has 7 heteroatoms. The van der Waals surface area contributed by atoms with Crippen LogP contribution in [0.2, 0.25) is 5.02 Å². The van der Waals surface area contributed by atoms with Gasteiger partial charge in [-0.05, 0) is 55.3 Å². The van der Waals surface area contributed by atoms with E-state index in [9.17, 15) is 4.79 Å². The normalized spacial score (nSPS) is 11.8. The second kappa shape index (κ2) is 8.68. The number of urea groups is 1.